The summed E-state index contributed by atoms with van der Waals surface area (Å²) in [5, 5.41) is 12.1. The second kappa shape index (κ2) is 9.11. The summed E-state index contributed by atoms with van der Waals surface area (Å²) in [4.78, 5) is 22.6. The zero-order valence-electron chi connectivity index (χ0n) is 22.7. The van der Waals surface area contributed by atoms with Crippen LogP contribution in [0.2, 0.25) is 0 Å². The molecule has 0 radical (unpaired) electrons. The maximum absolute atomic E-state index is 12.4. The Labute approximate surface area is 213 Å². The van der Waals surface area contributed by atoms with Gasteiger partial charge in [0, 0.05) is 43.7 Å². The summed E-state index contributed by atoms with van der Waals surface area (Å²) < 4.78 is 0. The summed E-state index contributed by atoms with van der Waals surface area (Å²) in [5.41, 5.74) is 0.512. The number of fused-ring (bicyclic) bond motifs is 4. The number of rotatable bonds is 2. The molecule has 0 aromatic rings. The van der Waals surface area contributed by atoms with Crippen LogP contribution in [-0.4, -0.2) is 70.4 Å². The highest BCUT2D eigenvalue weighted by molar-refractivity contribution is 5.94. The van der Waals surface area contributed by atoms with Gasteiger partial charge in [-0.2, -0.15) is 0 Å². The van der Waals surface area contributed by atoms with E-state index in [1.54, 1.807) is 6.92 Å². The molecule has 6 rings (SSSR count). The van der Waals surface area contributed by atoms with Gasteiger partial charge >= 0.3 is 0 Å². The average molecular weight is 484 g/mol. The number of aliphatic imine (C=N–C) groups is 1. The summed E-state index contributed by atoms with van der Waals surface area (Å²) in [6.45, 7) is 8.58. The molecule has 3 aliphatic heterocycles. The fourth-order valence-electron chi connectivity index (χ4n) is 10.2. The van der Waals surface area contributed by atoms with Crippen LogP contribution in [0.4, 0.5) is 0 Å². The van der Waals surface area contributed by atoms with Crippen LogP contribution in [0.5, 0.6) is 0 Å². The topological polar surface area (TPSA) is 56.1 Å². The standard InChI is InChI=1S/C30H49N3O2/c1-18-11-22-15-29-30(35,23-16-26(22)27(12-18)32(4)17-23)8-7-24(31-29)14-21-10-19(2)13-28-25(21)6-5-9-33(28)20(3)34/h18-19,21-28,35H,5-17H2,1-4H3/t18-,19+,21-,22+,23+,24-,25-,26-,27+,28+,30+/m1/s1. The predicted molar refractivity (Wildman–Crippen MR) is 140 cm³/mol. The summed E-state index contributed by atoms with van der Waals surface area (Å²) in [6.07, 6.45) is 12.9. The van der Waals surface area contributed by atoms with E-state index in [4.69, 9.17) is 4.99 Å². The number of nitrogens with zero attached hydrogens (tertiary/aromatic N) is 3. The molecule has 2 saturated heterocycles. The second-order valence-corrected chi connectivity index (χ2v) is 14.0. The Kier molecular flexibility index (Phi) is 6.35. The largest absolute Gasteiger partial charge is 0.384 e. The van der Waals surface area contributed by atoms with E-state index in [1.807, 2.05) is 0 Å². The molecule has 196 valence electrons. The van der Waals surface area contributed by atoms with E-state index >= 15 is 0 Å². The number of hydrogen-bond acceptors (Lipinski definition) is 4. The van der Waals surface area contributed by atoms with Gasteiger partial charge in [-0.25, -0.2) is 0 Å². The molecule has 35 heavy (non-hydrogen) atoms. The fraction of sp³-hybridized carbons (Fsp3) is 0.933. The molecule has 5 nitrogen and oxygen atoms in total. The molecule has 5 heteroatoms. The minimum absolute atomic E-state index is 0.269. The van der Waals surface area contributed by atoms with Gasteiger partial charge in [-0.05, 0) is 113 Å². The molecule has 3 saturated carbocycles. The van der Waals surface area contributed by atoms with Crippen LogP contribution in [0.3, 0.4) is 0 Å². The van der Waals surface area contributed by atoms with E-state index in [0.717, 1.165) is 57.0 Å². The zero-order valence-corrected chi connectivity index (χ0v) is 22.7. The smallest absolute Gasteiger partial charge is 0.219 e. The van der Waals surface area contributed by atoms with E-state index in [-0.39, 0.29) is 5.91 Å². The first-order chi connectivity index (χ1) is 16.7. The molecule has 3 heterocycles. The fourth-order valence-corrected chi connectivity index (χ4v) is 10.2. The molecule has 5 fully saturated rings. The van der Waals surface area contributed by atoms with Crippen molar-refractivity contribution in [3.05, 3.63) is 0 Å². The first-order valence-corrected chi connectivity index (χ1v) is 15.0. The second-order valence-electron chi connectivity index (χ2n) is 14.0. The molecule has 3 aliphatic carbocycles. The van der Waals surface area contributed by atoms with Gasteiger partial charge in [0.05, 0.1) is 6.04 Å². The Bertz CT molecular complexity index is 859. The van der Waals surface area contributed by atoms with Crippen molar-refractivity contribution in [1.29, 1.82) is 0 Å². The van der Waals surface area contributed by atoms with Gasteiger partial charge in [0.15, 0.2) is 0 Å². The van der Waals surface area contributed by atoms with Crippen LogP contribution in [0.15, 0.2) is 4.99 Å². The summed E-state index contributed by atoms with van der Waals surface area (Å²) in [5.74, 6) is 4.84. The van der Waals surface area contributed by atoms with Gasteiger partial charge in [0.2, 0.25) is 5.91 Å². The Balaban J connectivity index is 1.24. The monoisotopic (exact) mass is 483 g/mol. The van der Waals surface area contributed by atoms with Gasteiger partial charge in [-0.1, -0.05) is 13.8 Å². The maximum atomic E-state index is 12.4. The normalized spacial score (nSPS) is 50.0. The molecule has 1 amide bonds. The average Bonchev–Trinajstić information content (AvgIpc) is 2.91. The highest BCUT2D eigenvalue weighted by atomic mass is 16.3. The Morgan fingerprint density at radius 3 is 2.63 bits per heavy atom. The Morgan fingerprint density at radius 2 is 1.83 bits per heavy atom. The van der Waals surface area contributed by atoms with Gasteiger partial charge in [0.1, 0.15) is 5.60 Å². The van der Waals surface area contributed by atoms with Crippen LogP contribution >= 0.6 is 0 Å². The van der Waals surface area contributed by atoms with Crippen molar-refractivity contribution in [3.63, 3.8) is 0 Å². The highest BCUT2D eigenvalue weighted by Crippen LogP contribution is 2.52. The number of hydrogen-bond donors (Lipinski definition) is 1. The van der Waals surface area contributed by atoms with Crippen molar-refractivity contribution < 1.29 is 9.90 Å². The summed E-state index contributed by atoms with van der Waals surface area (Å²) in [6, 6.07) is 1.51. The van der Waals surface area contributed by atoms with Gasteiger partial charge < -0.3 is 14.9 Å². The van der Waals surface area contributed by atoms with Gasteiger partial charge in [-0.3, -0.25) is 9.79 Å². The van der Waals surface area contributed by atoms with E-state index in [0.29, 0.717) is 47.7 Å². The number of piperidine rings is 2. The number of aliphatic hydroxyl groups is 1. The molecule has 6 aliphatic rings. The molecule has 0 unspecified atom stereocenters. The summed E-state index contributed by atoms with van der Waals surface area (Å²) in [7, 11) is 2.31. The number of amides is 1. The molecule has 0 aromatic heterocycles. The SMILES string of the molecule is CC(=O)N1CCC[C@@H]2[C@@H](C[C@H]3CC[C@@]4(O)C(=N3)C[C@@H]3C[C@@H](C)C[C@H]5[C@@H]3C[C@H]4CN5C)C[C@H](C)C[C@@H]21. The van der Waals surface area contributed by atoms with Crippen LogP contribution in [0, 0.1) is 41.4 Å². The first-order valence-electron chi connectivity index (χ1n) is 15.0. The highest BCUT2D eigenvalue weighted by Gasteiger charge is 2.55. The molecule has 1 N–H and O–H groups in total. The minimum atomic E-state index is -0.672. The third kappa shape index (κ3) is 4.21. The number of carbonyl (C=O) groups is 1. The van der Waals surface area contributed by atoms with Gasteiger partial charge in [0.25, 0.3) is 0 Å². The van der Waals surface area contributed by atoms with Gasteiger partial charge in [-0.15, -0.1) is 0 Å². The lowest BCUT2D eigenvalue weighted by Crippen LogP contribution is -2.57. The third-order valence-corrected chi connectivity index (χ3v) is 11.7. The van der Waals surface area contributed by atoms with Crippen LogP contribution in [0.25, 0.3) is 0 Å². The lowest BCUT2D eigenvalue weighted by atomic mass is 9.65. The van der Waals surface area contributed by atoms with Crippen LogP contribution < -0.4 is 0 Å². The van der Waals surface area contributed by atoms with Crippen molar-refractivity contribution in [2.75, 3.05) is 20.1 Å². The summed E-state index contributed by atoms with van der Waals surface area (Å²) >= 11 is 0. The van der Waals surface area contributed by atoms with E-state index < -0.39 is 5.60 Å². The first kappa shape index (κ1) is 24.4. The zero-order chi connectivity index (χ0) is 24.5. The molecule has 0 spiro atoms. The van der Waals surface area contributed by atoms with Crippen molar-refractivity contribution in [2.45, 2.75) is 115 Å². The van der Waals surface area contributed by atoms with Crippen molar-refractivity contribution >= 4 is 11.6 Å². The molecular weight excluding hydrogens is 434 g/mol. The molecule has 2 bridgehead atoms. The van der Waals surface area contributed by atoms with Crippen molar-refractivity contribution in [2.24, 2.45) is 46.4 Å². The van der Waals surface area contributed by atoms with Crippen molar-refractivity contribution in [3.8, 4) is 0 Å². The molecule has 0 aromatic carbocycles. The van der Waals surface area contributed by atoms with E-state index in [1.165, 1.54) is 44.2 Å². The maximum Gasteiger partial charge on any atom is 0.219 e. The van der Waals surface area contributed by atoms with Crippen LogP contribution in [0.1, 0.15) is 91.4 Å². The Morgan fingerprint density at radius 1 is 1.06 bits per heavy atom. The lowest BCUT2D eigenvalue weighted by Gasteiger charge is -2.51. The lowest BCUT2D eigenvalue weighted by molar-refractivity contribution is -0.137. The predicted octanol–water partition coefficient (Wildman–Crippen LogP) is 4.77. The van der Waals surface area contributed by atoms with E-state index in [2.05, 4.69) is 30.7 Å². The minimum Gasteiger partial charge on any atom is -0.384 e. The van der Waals surface area contributed by atoms with Crippen LogP contribution in [-0.2, 0) is 4.79 Å². The quantitative estimate of drug-likeness (QED) is 0.615. The third-order valence-electron chi connectivity index (χ3n) is 11.7. The van der Waals surface area contributed by atoms with E-state index in [9.17, 15) is 9.90 Å². The number of likely N-dealkylation sites (tertiary alicyclic amines) is 2. The number of carbonyl (C=O) groups excluding carboxylic acids is 1. The molecule has 11 atom stereocenters. The molecular formula is C30H49N3O2. The van der Waals surface area contributed by atoms with Crippen molar-refractivity contribution in [1.82, 2.24) is 9.80 Å². The Hall–Kier alpha value is -0.940.